The molecule has 0 unspecified atom stereocenters. The summed E-state index contributed by atoms with van der Waals surface area (Å²) in [5.41, 5.74) is 0. The summed E-state index contributed by atoms with van der Waals surface area (Å²) in [5.74, 6) is -7.67. The van der Waals surface area contributed by atoms with E-state index >= 15 is 0 Å². The molecule has 31 heavy (non-hydrogen) atoms. The van der Waals surface area contributed by atoms with E-state index < -0.39 is 62.6 Å². The summed E-state index contributed by atoms with van der Waals surface area (Å²) in [6, 6.07) is 0. The van der Waals surface area contributed by atoms with Crippen molar-refractivity contribution in [2.24, 2.45) is 0 Å². The molecule has 0 saturated heterocycles. The third-order valence-electron chi connectivity index (χ3n) is 3.23. The van der Waals surface area contributed by atoms with Gasteiger partial charge >= 0.3 is 106 Å². The number of hydrogen-bond donors (Lipinski definition) is 0. The number of hydrogen-bond acceptors (Lipinski definition) is 13. The Morgan fingerprint density at radius 1 is 0.419 bits per heavy atom. The van der Waals surface area contributed by atoms with E-state index in [-0.39, 0.29) is 132 Å². The van der Waals surface area contributed by atoms with Crippen molar-refractivity contribution in [3.63, 3.8) is 0 Å². The SMILES string of the molecule is O=C([O-])CN(CCN(CC(=O)[O-])CC(=O)[O-])CCN(CC(=O)[O-])CC(=O)[O-].[Mn+2].[Na+].[Na+].[Na+]. The fourth-order valence-electron chi connectivity index (χ4n) is 2.18. The third kappa shape index (κ3) is 26.9. The van der Waals surface area contributed by atoms with Gasteiger partial charge in [-0.25, -0.2) is 0 Å². The maximum atomic E-state index is 10.8. The molecule has 13 nitrogen and oxygen atoms in total. The Hall–Kier alpha value is 0.749. The minimum Gasteiger partial charge on any atom is -0.549 e. The predicted molar refractivity (Wildman–Crippen MR) is 74.4 cm³/mol. The summed E-state index contributed by atoms with van der Waals surface area (Å²) < 4.78 is 0. The van der Waals surface area contributed by atoms with Crippen LogP contribution in [0.5, 0.6) is 0 Å². The fraction of sp³-hybridized carbons (Fsp3) is 0.643. The zero-order valence-electron chi connectivity index (χ0n) is 17.7. The summed E-state index contributed by atoms with van der Waals surface area (Å²) in [5, 5.41) is 53.3. The van der Waals surface area contributed by atoms with Crippen LogP contribution in [0.3, 0.4) is 0 Å². The van der Waals surface area contributed by atoms with Gasteiger partial charge in [-0.05, 0) is 0 Å². The van der Waals surface area contributed by atoms with Gasteiger partial charge in [-0.15, -0.1) is 0 Å². The van der Waals surface area contributed by atoms with E-state index in [0.29, 0.717) is 0 Å². The van der Waals surface area contributed by atoms with Gasteiger partial charge in [0, 0.05) is 58.9 Å². The number of carbonyl (C=O) groups excluding carboxylic acids is 5. The summed E-state index contributed by atoms with van der Waals surface area (Å²) in [4.78, 5) is 56.4. The molecule has 0 spiro atoms. The fourth-order valence-corrected chi connectivity index (χ4v) is 2.18. The molecule has 1 radical (unpaired) electrons. The predicted octanol–water partition coefficient (Wildman–Crippen LogP) is -18.3. The summed E-state index contributed by atoms with van der Waals surface area (Å²) in [7, 11) is 0. The van der Waals surface area contributed by atoms with E-state index in [0.717, 1.165) is 9.80 Å². The molecule has 0 atom stereocenters. The minimum absolute atomic E-state index is 0. The van der Waals surface area contributed by atoms with E-state index in [4.69, 9.17) is 0 Å². The largest absolute Gasteiger partial charge is 2.00 e. The van der Waals surface area contributed by atoms with Crippen molar-refractivity contribution in [3.05, 3.63) is 0 Å². The first kappa shape index (κ1) is 42.0. The number of nitrogens with zero attached hydrogens (tertiary/aromatic N) is 3. The van der Waals surface area contributed by atoms with Crippen LogP contribution in [-0.2, 0) is 41.0 Å². The van der Waals surface area contributed by atoms with Gasteiger partial charge in [0.1, 0.15) is 0 Å². The molecule has 0 rings (SSSR count). The second kappa shape index (κ2) is 23.9. The van der Waals surface area contributed by atoms with Crippen LogP contribution in [0.1, 0.15) is 0 Å². The van der Waals surface area contributed by atoms with Gasteiger partial charge in [0.15, 0.2) is 0 Å². The molecule has 0 saturated carbocycles. The molecular formula is C14H18MnN3Na3O10. The quantitative estimate of drug-likeness (QED) is 0.176. The summed E-state index contributed by atoms with van der Waals surface area (Å²) in [6.45, 7) is -4.16. The second-order valence-corrected chi connectivity index (χ2v) is 5.56. The Morgan fingerprint density at radius 2 is 0.581 bits per heavy atom. The van der Waals surface area contributed by atoms with E-state index in [9.17, 15) is 49.5 Å². The first-order valence-electron chi connectivity index (χ1n) is 7.66. The molecule has 0 aromatic rings. The van der Waals surface area contributed by atoms with Crippen LogP contribution in [-0.4, -0.2) is 103 Å². The third-order valence-corrected chi connectivity index (χ3v) is 3.23. The van der Waals surface area contributed by atoms with E-state index in [1.54, 1.807) is 0 Å². The summed E-state index contributed by atoms with van der Waals surface area (Å²) in [6.07, 6.45) is 0. The number of carbonyl (C=O) groups is 5. The Balaban J connectivity index is -0.000000563. The van der Waals surface area contributed by atoms with Gasteiger partial charge in [0.2, 0.25) is 0 Å². The first-order chi connectivity index (χ1) is 12.5. The van der Waals surface area contributed by atoms with Crippen molar-refractivity contribution in [1.29, 1.82) is 0 Å². The molecule has 0 aromatic heterocycles. The van der Waals surface area contributed by atoms with Gasteiger partial charge in [-0.3, -0.25) is 14.7 Å². The van der Waals surface area contributed by atoms with Crippen LogP contribution in [0.25, 0.3) is 0 Å². The molecule has 0 fully saturated rings. The molecule has 0 aromatic carbocycles. The maximum Gasteiger partial charge on any atom is 2.00 e. The van der Waals surface area contributed by atoms with Crippen molar-refractivity contribution in [1.82, 2.24) is 14.7 Å². The molecule has 0 N–H and O–H groups in total. The molecule has 0 aliphatic rings. The molecular weight excluding hydrogens is 494 g/mol. The Kier molecular flexibility index (Phi) is 32.3. The molecule has 0 heterocycles. The van der Waals surface area contributed by atoms with Gasteiger partial charge in [-0.1, -0.05) is 0 Å². The Morgan fingerprint density at radius 3 is 0.774 bits per heavy atom. The van der Waals surface area contributed by atoms with Crippen LogP contribution in [0.15, 0.2) is 0 Å². The van der Waals surface area contributed by atoms with Crippen molar-refractivity contribution in [3.8, 4) is 0 Å². The van der Waals surface area contributed by atoms with Crippen molar-refractivity contribution >= 4 is 29.8 Å². The Labute approximate surface area is 255 Å². The maximum absolute atomic E-state index is 10.8. The second-order valence-electron chi connectivity index (χ2n) is 5.56. The molecule has 0 amide bonds. The average Bonchev–Trinajstić information content (AvgIpc) is 2.46. The smallest absolute Gasteiger partial charge is 0.549 e. The average molecular weight is 512 g/mol. The van der Waals surface area contributed by atoms with Crippen molar-refractivity contribution < 1.29 is 155 Å². The molecule has 0 bridgehead atoms. The topological polar surface area (TPSA) is 210 Å². The van der Waals surface area contributed by atoms with Crippen LogP contribution in [0.2, 0.25) is 0 Å². The molecule has 159 valence electrons. The van der Waals surface area contributed by atoms with Crippen LogP contribution in [0, 0.1) is 0 Å². The molecule has 17 heteroatoms. The summed E-state index contributed by atoms with van der Waals surface area (Å²) >= 11 is 0. The van der Waals surface area contributed by atoms with Crippen LogP contribution in [0.4, 0.5) is 0 Å². The standard InChI is InChI=1S/C14H23N3O10.Mn.3Na/c18-10(19)5-15(1-3-16(6-11(20)21)7-12(22)23)2-4-17(8-13(24)25)9-14(26)27;;;;/h1-9H2,(H,18,19)(H,20,21)(H,22,23)(H,24,25)(H,26,27);;;;/q;+2;3*+1/p-5. The Bertz CT molecular complexity index is 502. The van der Waals surface area contributed by atoms with Gasteiger partial charge in [0.25, 0.3) is 0 Å². The zero-order valence-corrected chi connectivity index (χ0v) is 24.8. The number of rotatable bonds is 16. The van der Waals surface area contributed by atoms with Gasteiger partial charge in [0.05, 0.1) is 29.8 Å². The van der Waals surface area contributed by atoms with Gasteiger partial charge < -0.3 is 49.5 Å². The number of carboxylic acids is 5. The van der Waals surface area contributed by atoms with E-state index in [1.165, 1.54) is 4.90 Å². The molecule has 0 aliphatic carbocycles. The number of aliphatic carboxylic acids is 5. The van der Waals surface area contributed by atoms with Gasteiger partial charge in [-0.2, -0.15) is 0 Å². The van der Waals surface area contributed by atoms with E-state index in [2.05, 4.69) is 0 Å². The van der Waals surface area contributed by atoms with Crippen LogP contribution >= 0.6 is 0 Å². The zero-order chi connectivity index (χ0) is 21.0. The monoisotopic (exact) mass is 512 g/mol. The van der Waals surface area contributed by atoms with Crippen molar-refractivity contribution in [2.45, 2.75) is 0 Å². The minimum atomic E-state index is -1.54. The van der Waals surface area contributed by atoms with Crippen LogP contribution < -0.4 is 114 Å². The number of carboxylic acid groups (broad SMARTS) is 5. The molecule has 0 aliphatic heterocycles. The van der Waals surface area contributed by atoms with E-state index in [1.807, 2.05) is 0 Å². The first-order valence-corrected chi connectivity index (χ1v) is 7.66. The van der Waals surface area contributed by atoms with Crippen molar-refractivity contribution in [2.75, 3.05) is 58.9 Å². The normalized spacial score (nSPS) is 9.65.